The molecule has 0 fully saturated rings. The summed E-state index contributed by atoms with van der Waals surface area (Å²) >= 11 is 0. The number of halogens is 3. The summed E-state index contributed by atoms with van der Waals surface area (Å²) in [7, 11) is -4.73. The number of nitrogens with one attached hydrogen (secondary N) is 3. The molecule has 20 heteroatoms. The molecule has 2 rings (SSSR count). The summed E-state index contributed by atoms with van der Waals surface area (Å²) in [6, 6.07) is 4.82. The fourth-order valence-electron chi connectivity index (χ4n) is 4.18. The molecule has 0 radical (unpaired) electrons. The third-order valence-corrected chi connectivity index (χ3v) is 7.66. The maximum Gasteiger partial charge on any atom is 0.416 e. The molecule has 3 N–H and O–H groups in total. The number of aliphatic imine (C=N–C) groups is 1. The van der Waals surface area contributed by atoms with Crippen molar-refractivity contribution in [3.05, 3.63) is 63.7 Å². The molecule has 2 amide bonds. The number of nitro benzene ring substituents is 1. The standard InChI is InChI=1S/C34H46F3N5O11S/c1-31(2,3)51-27(43)24(41-54(48,49)23-13-10-12-22(20-23)34(35,36)37)18-21-14-15-26(25(19-21)42(46)47)50-17-11-16-38-28(39-29(44)52-32(4,5)6)40-30(45)53-33(7,8)9/h10,12-15,19-20,24,41H,11,16-18H2,1-9H3,(H2,38,39,40,44,45)/t24-/m0/s1. The summed E-state index contributed by atoms with van der Waals surface area (Å²) < 4.78 is 89.6. The van der Waals surface area contributed by atoms with Gasteiger partial charge in [-0.3, -0.25) is 30.5 Å². The van der Waals surface area contributed by atoms with Gasteiger partial charge in [-0.25, -0.2) is 18.0 Å². The predicted molar refractivity (Wildman–Crippen MR) is 189 cm³/mol. The Hall–Kier alpha value is -4.98. The molecule has 0 unspecified atom stereocenters. The fourth-order valence-corrected chi connectivity index (χ4v) is 5.41. The van der Waals surface area contributed by atoms with Gasteiger partial charge in [-0.15, -0.1) is 0 Å². The lowest BCUT2D eigenvalue weighted by Gasteiger charge is -2.25. The minimum Gasteiger partial charge on any atom is -0.487 e. The van der Waals surface area contributed by atoms with Crippen LogP contribution in [0.15, 0.2) is 52.4 Å². The third kappa shape index (κ3) is 16.4. The van der Waals surface area contributed by atoms with Gasteiger partial charge in [0, 0.05) is 19.0 Å². The van der Waals surface area contributed by atoms with Crippen molar-refractivity contribution in [3.63, 3.8) is 0 Å². The molecule has 16 nitrogen and oxygen atoms in total. The molecular weight excluding hydrogens is 743 g/mol. The second-order valence-corrected chi connectivity index (χ2v) is 16.4. The van der Waals surface area contributed by atoms with E-state index < -0.39 is 84.7 Å². The summed E-state index contributed by atoms with van der Waals surface area (Å²) in [6.07, 6.45) is -7.00. The van der Waals surface area contributed by atoms with E-state index in [4.69, 9.17) is 18.9 Å². The molecule has 0 spiro atoms. The Bertz CT molecular complexity index is 1780. The van der Waals surface area contributed by atoms with E-state index in [0.29, 0.717) is 12.1 Å². The normalized spacial score (nSPS) is 12.9. The van der Waals surface area contributed by atoms with Gasteiger partial charge in [-0.05, 0) is 98.6 Å². The van der Waals surface area contributed by atoms with E-state index in [0.717, 1.165) is 18.2 Å². The van der Waals surface area contributed by atoms with Crippen molar-refractivity contribution < 1.29 is 59.8 Å². The van der Waals surface area contributed by atoms with Gasteiger partial charge in [0.1, 0.15) is 22.8 Å². The third-order valence-electron chi connectivity index (χ3n) is 6.19. The topological polar surface area (TPSA) is 214 Å². The predicted octanol–water partition coefficient (Wildman–Crippen LogP) is 6.02. The van der Waals surface area contributed by atoms with Gasteiger partial charge in [0.2, 0.25) is 16.0 Å². The minimum absolute atomic E-state index is 0.0452. The van der Waals surface area contributed by atoms with Crippen LogP contribution < -0.4 is 20.1 Å². The number of rotatable bonds is 12. The highest BCUT2D eigenvalue weighted by molar-refractivity contribution is 7.89. The van der Waals surface area contributed by atoms with Crippen LogP contribution in [-0.2, 0) is 41.6 Å². The smallest absolute Gasteiger partial charge is 0.416 e. The first kappa shape index (κ1) is 45.2. The second-order valence-electron chi connectivity index (χ2n) is 14.7. The average molecular weight is 790 g/mol. The number of hydrogen-bond acceptors (Lipinski definition) is 12. The summed E-state index contributed by atoms with van der Waals surface area (Å²) in [4.78, 5) is 52.3. The molecule has 1 atom stereocenters. The Balaban J connectivity index is 2.26. The summed E-state index contributed by atoms with van der Waals surface area (Å²) in [6.45, 7) is 14.2. The largest absolute Gasteiger partial charge is 0.487 e. The molecule has 0 heterocycles. The highest BCUT2D eigenvalue weighted by Gasteiger charge is 2.34. The molecule has 0 saturated carbocycles. The molecule has 0 bridgehead atoms. The van der Waals surface area contributed by atoms with E-state index in [2.05, 4.69) is 20.3 Å². The zero-order valence-electron chi connectivity index (χ0n) is 31.4. The van der Waals surface area contributed by atoms with Crippen LogP contribution in [0.2, 0.25) is 0 Å². The van der Waals surface area contributed by atoms with E-state index in [-0.39, 0.29) is 36.8 Å². The van der Waals surface area contributed by atoms with Crippen LogP contribution in [0.4, 0.5) is 28.4 Å². The Morgan fingerprint density at radius 3 is 1.91 bits per heavy atom. The Labute approximate surface area is 311 Å². The van der Waals surface area contributed by atoms with E-state index >= 15 is 0 Å². The lowest BCUT2D eigenvalue weighted by molar-refractivity contribution is -0.385. The van der Waals surface area contributed by atoms with Gasteiger partial charge in [-0.2, -0.15) is 17.9 Å². The molecule has 54 heavy (non-hydrogen) atoms. The molecule has 0 aliphatic heterocycles. The van der Waals surface area contributed by atoms with Crippen molar-refractivity contribution in [2.75, 3.05) is 13.2 Å². The number of alkyl carbamates (subject to hydrolysis) is 2. The number of carbonyl (C=O) groups excluding carboxylic acids is 3. The molecular formula is C34H46F3N5O11S. The van der Waals surface area contributed by atoms with Crippen molar-refractivity contribution in [1.29, 1.82) is 0 Å². The summed E-state index contributed by atoms with van der Waals surface area (Å²) in [5.74, 6) is -1.55. The Kier molecular flexibility index (Phi) is 15.0. The number of guanidine groups is 1. The first-order valence-electron chi connectivity index (χ1n) is 16.4. The number of benzene rings is 2. The monoisotopic (exact) mass is 789 g/mol. The fraction of sp³-hybridized carbons (Fsp3) is 0.529. The SMILES string of the molecule is CC(C)(C)OC(=O)NC(=NCCCOc1ccc(C[C@H](NS(=O)(=O)c2cccc(C(F)(F)F)c2)C(=O)OC(C)(C)C)cc1[N+](=O)[O-])NC(=O)OC(C)(C)C. The van der Waals surface area contributed by atoms with Crippen LogP contribution in [0.1, 0.15) is 79.9 Å². The molecule has 2 aromatic carbocycles. The average Bonchev–Trinajstić information content (AvgIpc) is 2.97. The lowest BCUT2D eigenvalue weighted by Crippen LogP contribution is -2.47. The second kappa shape index (κ2) is 17.9. The van der Waals surface area contributed by atoms with Gasteiger partial charge in [0.15, 0.2) is 5.75 Å². The summed E-state index contributed by atoms with van der Waals surface area (Å²) in [5.41, 5.74) is -4.48. The van der Waals surface area contributed by atoms with Crippen LogP contribution in [0.25, 0.3) is 0 Å². The number of nitro groups is 1. The number of nitrogens with zero attached hydrogens (tertiary/aromatic N) is 2. The van der Waals surface area contributed by atoms with Crippen LogP contribution in [-0.4, -0.2) is 73.5 Å². The molecule has 0 saturated heterocycles. The van der Waals surface area contributed by atoms with E-state index in [1.807, 2.05) is 0 Å². The van der Waals surface area contributed by atoms with E-state index in [1.54, 1.807) is 41.5 Å². The minimum atomic E-state index is -4.84. The maximum atomic E-state index is 13.3. The van der Waals surface area contributed by atoms with Crippen molar-refractivity contribution in [1.82, 2.24) is 15.4 Å². The van der Waals surface area contributed by atoms with Crippen LogP contribution in [0.5, 0.6) is 5.75 Å². The zero-order valence-corrected chi connectivity index (χ0v) is 32.2. The number of carbonyl (C=O) groups is 3. The van der Waals surface area contributed by atoms with Gasteiger partial charge in [0.05, 0.1) is 22.0 Å². The van der Waals surface area contributed by atoms with Crippen LogP contribution >= 0.6 is 0 Å². The van der Waals surface area contributed by atoms with Crippen molar-refractivity contribution in [2.24, 2.45) is 4.99 Å². The van der Waals surface area contributed by atoms with Crippen molar-refractivity contribution in [3.8, 4) is 5.75 Å². The Morgan fingerprint density at radius 2 is 1.41 bits per heavy atom. The quantitative estimate of drug-likeness (QED) is 0.0430. The van der Waals surface area contributed by atoms with E-state index in [1.165, 1.54) is 32.9 Å². The van der Waals surface area contributed by atoms with Crippen LogP contribution in [0, 0.1) is 10.1 Å². The molecule has 300 valence electrons. The highest BCUT2D eigenvalue weighted by atomic mass is 32.2. The lowest BCUT2D eigenvalue weighted by atomic mass is 10.0. The van der Waals surface area contributed by atoms with Gasteiger partial charge in [-0.1, -0.05) is 12.1 Å². The number of esters is 1. The first-order chi connectivity index (χ1) is 24.5. The number of alkyl halides is 3. The van der Waals surface area contributed by atoms with Gasteiger partial charge in [0.25, 0.3) is 0 Å². The van der Waals surface area contributed by atoms with Crippen molar-refractivity contribution in [2.45, 2.75) is 109 Å². The van der Waals surface area contributed by atoms with Gasteiger partial charge < -0.3 is 18.9 Å². The number of hydrogen-bond donors (Lipinski definition) is 3. The number of ether oxygens (including phenoxy) is 4. The summed E-state index contributed by atoms with van der Waals surface area (Å²) in [5, 5.41) is 16.6. The zero-order chi connectivity index (χ0) is 41.3. The van der Waals surface area contributed by atoms with Crippen LogP contribution in [0.3, 0.4) is 0 Å². The van der Waals surface area contributed by atoms with E-state index in [9.17, 15) is 46.1 Å². The highest BCUT2D eigenvalue weighted by Crippen LogP contribution is 2.31. The van der Waals surface area contributed by atoms with Crippen molar-refractivity contribution >= 4 is 39.8 Å². The first-order valence-corrected chi connectivity index (χ1v) is 17.9. The maximum absolute atomic E-state index is 13.3. The molecule has 2 aromatic rings. The molecule has 0 aromatic heterocycles. The number of amides is 2. The molecule has 0 aliphatic carbocycles. The van der Waals surface area contributed by atoms with Gasteiger partial charge >= 0.3 is 30.0 Å². The molecule has 0 aliphatic rings. The number of sulfonamides is 1. The Morgan fingerprint density at radius 1 is 0.852 bits per heavy atom.